The van der Waals surface area contributed by atoms with E-state index in [-0.39, 0.29) is 40.3 Å². The van der Waals surface area contributed by atoms with Gasteiger partial charge in [-0.25, -0.2) is 0 Å². The van der Waals surface area contributed by atoms with Crippen LogP contribution in [0.4, 0.5) is 0 Å². The Hall–Kier alpha value is -2.86. The van der Waals surface area contributed by atoms with Crippen molar-refractivity contribution in [2.75, 3.05) is 0 Å². The number of ether oxygens (including phenoxy) is 3. The Kier molecular flexibility index (Phi) is 5.41. The molecule has 9 unspecified atom stereocenters. The van der Waals surface area contributed by atoms with E-state index < -0.39 is 51.8 Å². The summed E-state index contributed by atoms with van der Waals surface area (Å²) in [5.74, 6) is -1.70. The maximum atomic E-state index is 13.7. The van der Waals surface area contributed by atoms with E-state index in [0.717, 1.165) is 19.3 Å². The number of ketones is 1. The number of esters is 2. The molecule has 0 amide bonds. The first kappa shape index (κ1) is 25.8. The molecule has 1 heterocycles. The molecule has 2 aromatic carbocycles. The molecule has 1 saturated heterocycles. The van der Waals surface area contributed by atoms with Crippen molar-refractivity contribution in [3.63, 3.8) is 0 Å². The zero-order chi connectivity index (χ0) is 28.4. The van der Waals surface area contributed by atoms with Crippen LogP contribution in [0.2, 0.25) is 0 Å². The molecule has 6 aliphatic carbocycles. The number of rotatable bonds is 5. The van der Waals surface area contributed by atoms with Crippen molar-refractivity contribution in [3.8, 4) is 5.75 Å². The molecule has 41 heavy (non-hydrogen) atoms. The first-order valence-corrected chi connectivity index (χ1v) is 15.8. The van der Waals surface area contributed by atoms with Crippen molar-refractivity contribution in [1.82, 2.24) is 0 Å². The van der Waals surface area contributed by atoms with Crippen LogP contribution in [-0.2, 0) is 34.0 Å². The van der Waals surface area contributed by atoms with Crippen LogP contribution in [0.15, 0.2) is 41.3 Å². The molecule has 216 valence electrons. The first-order valence-electron chi connectivity index (χ1n) is 14.3. The largest absolute Gasteiger partial charge is 0.459 e. The van der Waals surface area contributed by atoms with Gasteiger partial charge in [0, 0.05) is 23.7 Å². The van der Waals surface area contributed by atoms with E-state index in [1.54, 1.807) is 12.1 Å². The number of carbonyl (C=O) groups excluding carboxylic acids is 3. The van der Waals surface area contributed by atoms with Crippen molar-refractivity contribution in [1.29, 1.82) is 0 Å². The minimum absolute atomic E-state index is 0.0629. The van der Waals surface area contributed by atoms with Gasteiger partial charge in [0.15, 0.2) is 6.29 Å². The molecular weight excluding hydrogens is 552 g/mol. The molecule has 2 N–H and O–H groups in total. The van der Waals surface area contributed by atoms with Gasteiger partial charge in [0.05, 0.1) is 16.2 Å². The van der Waals surface area contributed by atoms with Crippen molar-refractivity contribution >= 4 is 38.6 Å². The van der Waals surface area contributed by atoms with Crippen LogP contribution < -0.4 is 4.74 Å². The van der Waals surface area contributed by atoms with Crippen molar-refractivity contribution in [2.45, 2.75) is 61.9 Å². The van der Waals surface area contributed by atoms with Crippen LogP contribution in [0, 0.1) is 46.8 Å². The normalized spacial score (nSPS) is 41.8. The predicted molar refractivity (Wildman–Crippen MR) is 140 cm³/mol. The summed E-state index contributed by atoms with van der Waals surface area (Å²) in [6, 6.07) is 8.85. The topological polar surface area (TPSA) is 154 Å². The SMILES string of the molecule is O=C1C2CC3CC1CC(C(=O)OC1C4CC5C1OC(O)C5C4C(=O)Oc1ccc4cc(S(=O)(=O)O)ccc4c1)(C3)C2. The Morgan fingerprint density at radius 1 is 0.951 bits per heavy atom. The summed E-state index contributed by atoms with van der Waals surface area (Å²) >= 11 is 0. The van der Waals surface area contributed by atoms with Gasteiger partial charge in [0.1, 0.15) is 23.7 Å². The van der Waals surface area contributed by atoms with Gasteiger partial charge in [-0.2, -0.15) is 8.42 Å². The lowest BCUT2D eigenvalue weighted by molar-refractivity contribution is -0.190. The molecule has 9 rings (SSSR count). The van der Waals surface area contributed by atoms with Gasteiger partial charge < -0.3 is 19.3 Å². The Morgan fingerprint density at radius 2 is 1.66 bits per heavy atom. The molecule has 0 radical (unpaired) electrons. The van der Waals surface area contributed by atoms with E-state index >= 15 is 0 Å². The van der Waals surface area contributed by atoms with Crippen LogP contribution >= 0.6 is 0 Å². The summed E-state index contributed by atoms with van der Waals surface area (Å²) in [4.78, 5) is 39.7. The smallest absolute Gasteiger partial charge is 0.315 e. The average molecular weight is 583 g/mol. The molecule has 0 spiro atoms. The lowest BCUT2D eigenvalue weighted by Gasteiger charge is -2.54. The highest BCUT2D eigenvalue weighted by molar-refractivity contribution is 7.85. The van der Waals surface area contributed by atoms with Gasteiger partial charge >= 0.3 is 11.9 Å². The van der Waals surface area contributed by atoms with E-state index in [4.69, 9.17) is 14.2 Å². The molecule has 6 saturated carbocycles. The number of fused-ring (bicyclic) bond motifs is 2. The van der Waals surface area contributed by atoms with E-state index in [1.807, 2.05) is 0 Å². The molecule has 10 nitrogen and oxygen atoms in total. The third kappa shape index (κ3) is 3.78. The second-order valence-corrected chi connectivity index (χ2v) is 14.5. The lowest BCUT2D eigenvalue weighted by atomic mass is 9.49. The maximum absolute atomic E-state index is 13.7. The number of hydrogen-bond acceptors (Lipinski definition) is 9. The summed E-state index contributed by atoms with van der Waals surface area (Å²) < 4.78 is 50.1. The molecule has 2 aromatic rings. The zero-order valence-electron chi connectivity index (χ0n) is 22.0. The molecule has 7 fully saturated rings. The molecule has 0 aromatic heterocycles. The van der Waals surface area contributed by atoms with Gasteiger partial charge in [-0.3, -0.25) is 18.9 Å². The third-order valence-corrected chi connectivity index (χ3v) is 11.8. The van der Waals surface area contributed by atoms with E-state index in [0.29, 0.717) is 41.7 Å². The van der Waals surface area contributed by atoms with Gasteiger partial charge in [-0.1, -0.05) is 12.1 Å². The number of benzene rings is 2. The highest BCUT2D eigenvalue weighted by Crippen LogP contribution is 2.62. The first-order chi connectivity index (χ1) is 19.5. The number of carbonyl (C=O) groups is 3. The Labute approximate surface area is 236 Å². The fourth-order valence-corrected chi connectivity index (χ4v) is 10.0. The fraction of sp³-hybridized carbons (Fsp3) is 0.567. The highest BCUT2D eigenvalue weighted by Gasteiger charge is 2.70. The van der Waals surface area contributed by atoms with E-state index in [1.165, 1.54) is 24.3 Å². The van der Waals surface area contributed by atoms with Gasteiger partial charge in [0.25, 0.3) is 10.1 Å². The fourth-order valence-electron chi connectivity index (χ4n) is 9.51. The highest BCUT2D eigenvalue weighted by atomic mass is 32.2. The van der Waals surface area contributed by atoms with Gasteiger partial charge in [-0.05, 0) is 85.4 Å². The monoisotopic (exact) mass is 582 g/mol. The summed E-state index contributed by atoms with van der Waals surface area (Å²) in [5.41, 5.74) is -0.654. The molecule has 1 aliphatic heterocycles. The van der Waals surface area contributed by atoms with Crippen molar-refractivity contribution < 1.29 is 46.7 Å². The molecular formula is C30H30O10S. The Bertz CT molecular complexity index is 1600. The van der Waals surface area contributed by atoms with E-state index in [9.17, 15) is 32.5 Å². The summed E-state index contributed by atoms with van der Waals surface area (Å²) in [6.07, 6.45) is 1.82. The minimum Gasteiger partial charge on any atom is -0.459 e. The average Bonchev–Trinajstić information content (AvgIpc) is 3.54. The van der Waals surface area contributed by atoms with Crippen LogP contribution in [0.1, 0.15) is 38.5 Å². The Balaban J connectivity index is 1.02. The zero-order valence-corrected chi connectivity index (χ0v) is 22.9. The number of aliphatic hydroxyl groups is 1. The molecule has 7 aliphatic rings. The summed E-state index contributed by atoms with van der Waals surface area (Å²) in [7, 11) is -4.35. The third-order valence-electron chi connectivity index (χ3n) is 11.0. The van der Waals surface area contributed by atoms with Gasteiger partial charge in [0.2, 0.25) is 0 Å². The van der Waals surface area contributed by atoms with Crippen LogP contribution in [0.5, 0.6) is 5.75 Å². The second kappa shape index (κ2) is 8.59. The quantitative estimate of drug-likeness (QED) is 0.306. The maximum Gasteiger partial charge on any atom is 0.315 e. The lowest BCUT2D eigenvalue weighted by Crippen LogP contribution is -2.56. The van der Waals surface area contributed by atoms with Gasteiger partial charge in [-0.15, -0.1) is 0 Å². The van der Waals surface area contributed by atoms with Crippen LogP contribution in [-0.4, -0.2) is 54.3 Å². The van der Waals surface area contributed by atoms with Crippen molar-refractivity contribution in [3.05, 3.63) is 36.4 Å². The van der Waals surface area contributed by atoms with Crippen LogP contribution in [0.25, 0.3) is 10.8 Å². The standard InChI is InChI=1S/C30H30O10S/c31-24-16-5-13-6-17(24)12-30(10-13,11-16)29(34)40-26-21-9-20-23(28(33)39-25(20)26)22(21)27(32)38-18-3-1-15-8-19(41(35,36)37)4-2-14(15)7-18/h1-4,7-8,13,16-17,20-23,25-26,28,33H,5-6,9-12H2,(H,35,36,37). The second-order valence-electron chi connectivity index (χ2n) is 13.1. The summed E-state index contributed by atoms with van der Waals surface area (Å²) in [5, 5.41) is 11.9. The number of Topliss-reactive ketones (excluding diaryl/α,β-unsaturated/α-hetero) is 1. The van der Waals surface area contributed by atoms with E-state index in [2.05, 4.69) is 0 Å². The predicted octanol–water partition coefficient (Wildman–Crippen LogP) is 2.90. The number of aliphatic hydroxyl groups excluding tert-OH is 1. The minimum atomic E-state index is -4.35. The molecule has 9 atom stereocenters. The molecule has 6 bridgehead atoms. The Morgan fingerprint density at radius 3 is 2.39 bits per heavy atom. The van der Waals surface area contributed by atoms with Crippen molar-refractivity contribution in [2.24, 2.45) is 46.8 Å². The molecule has 11 heteroatoms. The van der Waals surface area contributed by atoms with Crippen LogP contribution in [0.3, 0.4) is 0 Å². The summed E-state index contributed by atoms with van der Waals surface area (Å²) in [6.45, 7) is 0. The number of hydrogen-bond donors (Lipinski definition) is 2.